The summed E-state index contributed by atoms with van der Waals surface area (Å²) in [5, 5.41) is 0.378. The van der Waals surface area contributed by atoms with Crippen molar-refractivity contribution in [3.05, 3.63) is 52.5 Å². The summed E-state index contributed by atoms with van der Waals surface area (Å²) in [5.41, 5.74) is 2.18. The molecule has 2 heterocycles. The lowest BCUT2D eigenvalue weighted by Gasteiger charge is -2.29. The van der Waals surface area contributed by atoms with Crippen LogP contribution in [0.25, 0.3) is 11.1 Å². The van der Waals surface area contributed by atoms with Crippen LogP contribution in [0.1, 0.15) is 49.1 Å². The Morgan fingerprint density at radius 3 is 2.55 bits per heavy atom. The first-order chi connectivity index (χ1) is 18.2. The molecule has 8 nitrogen and oxygen atoms in total. The van der Waals surface area contributed by atoms with Crippen LogP contribution >= 0.6 is 11.6 Å². The number of benzene rings is 2. The summed E-state index contributed by atoms with van der Waals surface area (Å²) in [6, 6.07) is 10.6. The van der Waals surface area contributed by atoms with Crippen LogP contribution in [0.5, 0.6) is 0 Å². The Bertz CT molecular complexity index is 1330. The Balaban J connectivity index is 1.34. The van der Waals surface area contributed by atoms with E-state index >= 15 is 0 Å². The Labute approximate surface area is 228 Å². The van der Waals surface area contributed by atoms with Crippen LogP contribution in [-0.2, 0) is 29.1 Å². The first kappa shape index (κ1) is 27.1. The highest BCUT2D eigenvalue weighted by Gasteiger charge is 2.56. The second-order valence-electron chi connectivity index (χ2n) is 10.4. The lowest BCUT2D eigenvalue weighted by molar-refractivity contribution is -0.154. The van der Waals surface area contributed by atoms with Crippen LogP contribution in [0.3, 0.4) is 0 Å². The van der Waals surface area contributed by atoms with Gasteiger partial charge in [-0.05, 0) is 73.6 Å². The van der Waals surface area contributed by atoms with Crippen molar-refractivity contribution >= 4 is 39.1 Å². The van der Waals surface area contributed by atoms with Crippen LogP contribution < -0.4 is 4.72 Å². The number of esters is 1. The topological polar surface area (TPSA) is 102 Å². The van der Waals surface area contributed by atoms with Crippen LogP contribution in [-0.4, -0.2) is 69.3 Å². The van der Waals surface area contributed by atoms with Gasteiger partial charge in [0, 0.05) is 35.9 Å². The molecule has 0 aromatic heterocycles. The third-order valence-corrected chi connectivity index (χ3v) is 9.38. The number of morpholine rings is 1. The summed E-state index contributed by atoms with van der Waals surface area (Å²) in [7, 11) is -3.55. The van der Waals surface area contributed by atoms with E-state index in [-0.39, 0.29) is 11.5 Å². The minimum atomic E-state index is -3.55. The van der Waals surface area contributed by atoms with Gasteiger partial charge in [-0.3, -0.25) is 19.2 Å². The monoisotopic (exact) mass is 560 g/mol. The lowest BCUT2D eigenvalue weighted by Crippen LogP contribution is -2.39. The molecule has 10 heteroatoms. The molecule has 1 aliphatic carbocycles. The normalized spacial score (nSPS) is 22.0. The molecule has 1 spiro atoms. The molecule has 1 unspecified atom stereocenters. The molecule has 0 radical (unpaired) electrons. The number of ether oxygens (including phenoxy) is 2. The maximum atomic E-state index is 13.4. The number of nitrogens with one attached hydrogen (secondary N) is 1. The molecule has 1 N–H and O–H groups in total. The summed E-state index contributed by atoms with van der Waals surface area (Å²) in [6.07, 6.45) is 3.94. The zero-order chi connectivity index (χ0) is 26.9. The number of nitrogens with zero attached hydrogens (tertiary/aromatic N) is 1. The van der Waals surface area contributed by atoms with Gasteiger partial charge in [0.1, 0.15) is 5.92 Å². The summed E-state index contributed by atoms with van der Waals surface area (Å²) < 4.78 is 39.1. The van der Waals surface area contributed by atoms with Crippen LogP contribution in [0.2, 0.25) is 5.02 Å². The minimum absolute atomic E-state index is 0.0151. The third-order valence-electron chi connectivity index (χ3n) is 7.80. The van der Waals surface area contributed by atoms with Gasteiger partial charge in [0.2, 0.25) is 10.0 Å². The molecule has 3 aliphatic rings. The molecule has 2 aromatic rings. The Hall–Kier alpha value is -2.46. The summed E-state index contributed by atoms with van der Waals surface area (Å²) in [4.78, 5) is 28.3. The smallest absolute Gasteiger partial charge is 0.322 e. The molecule has 1 saturated carbocycles. The fourth-order valence-corrected chi connectivity index (χ4v) is 7.06. The second-order valence-corrected chi connectivity index (χ2v) is 12.7. The number of aryl methyl sites for hydroxylation is 1. The Morgan fingerprint density at radius 2 is 1.82 bits per heavy atom. The lowest BCUT2D eigenvalue weighted by atomic mass is 9.77. The van der Waals surface area contributed by atoms with Crippen molar-refractivity contribution in [1.82, 2.24) is 4.90 Å². The fourth-order valence-electron chi connectivity index (χ4n) is 5.70. The number of sulfonamides is 1. The van der Waals surface area contributed by atoms with Crippen LogP contribution in [0.4, 0.5) is 5.69 Å². The average molecular weight is 561 g/mol. The number of carbonyl (C=O) groups excluding carboxylic acids is 2. The number of halogens is 1. The van der Waals surface area contributed by atoms with Crippen molar-refractivity contribution in [2.75, 3.05) is 43.3 Å². The molecule has 2 aliphatic heterocycles. The van der Waals surface area contributed by atoms with Crippen molar-refractivity contribution in [2.45, 2.75) is 50.5 Å². The van der Waals surface area contributed by atoms with Crippen molar-refractivity contribution in [3.8, 4) is 11.1 Å². The molecular weight excluding hydrogens is 528 g/mol. The van der Waals surface area contributed by atoms with Gasteiger partial charge in [-0.25, -0.2) is 8.42 Å². The number of anilines is 1. The molecule has 0 amide bonds. The highest BCUT2D eigenvalue weighted by Crippen LogP contribution is 2.45. The molecule has 2 saturated heterocycles. The van der Waals surface area contributed by atoms with E-state index in [1.807, 2.05) is 19.1 Å². The van der Waals surface area contributed by atoms with Gasteiger partial charge in [-0.2, -0.15) is 0 Å². The van der Waals surface area contributed by atoms with Gasteiger partial charge in [-0.15, -0.1) is 0 Å². The van der Waals surface area contributed by atoms with Gasteiger partial charge in [0.25, 0.3) is 0 Å². The molecule has 0 bridgehead atoms. The molecule has 204 valence electrons. The first-order valence-corrected chi connectivity index (χ1v) is 15.2. The van der Waals surface area contributed by atoms with Gasteiger partial charge >= 0.3 is 5.97 Å². The Kier molecular flexibility index (Phi) is 7.82. The maximum absolute atomic E-state index is 13.4. The SMILES string of the molecule is Cc1cc(-c2cccc(NS(=O)(=O)CCN3CCOCC3)c2)c(Cl)cc1C1C(=O)OC2(CCCCC2)C1=O. The van der Waals surface area contributed by atoms with Crippen LogP contribution in [0, 0.1) is 6.92 Å². The molecule has 1 atom stereocenters. The average Bonchev–Trinajstić information content (AvgIpc) is 3.13. The van der Waals surface area contributed by atoms with E-state index in [2.05, 4.69) is 9.62 Å². The Morgan fingerprint density at radius 1 is 1.08 bits per heavy atom. The van der Waals surface area contributed by atoms with Crippen molar-refractivity contribution in [1.29, 1.82) is 0 Å². The van der Waals surface area contributed by atoms with E-state index in [0.29, 0.717) is 54.4 Å². The number of hydrogen-bond donors (Lipinski definition) is 1. The van der Waals surface area contributed by atoms with E-state index in [9.17, 15) is 18.0 Å². The maximum Gasteiger partial charge on any atom is 0.322 e. The highest BCUT2D eigenvalue weighted by molar-refractivity contribution is 7.92. The first-order valence-electron chi connectivity index (χ1n) is 13.2. The van der Waals surface area contributed by atoms with Gasteiger partial charge in [0.15, 0.2) is 11.4 Å². The standard InChI is InChI=1S/C28H33ClN2O6S/c1-19-16-23(24(29)18-22(19)25-26(32)28(37-27(25)33)8-3-2-4-9-28)20-6-5-7-21(17-20)30-38(34,35)15-12-31-10-13-36-14-11-31/h5-7,16-18,25,30H,2-4,8-15H2,1H3. The predicted octanol–water partition coefficient (Wildman–Crippen LogP) is 4.30. The molecule has 3 fully saturated rings. The highest BCUT2D eigenvalue weighted by atomic mass is 35.5. The molecule has 2 aromatic carbocycles. The van der Waals surface area contributed by atoms with Crippen molar-refractivity contribution in [2.24, 2.45) is 0 Å². The van der Waals surface area contributed by atoms with E-state index in [4.69, 9.17) is 21.1 Å². The van der Waals surface area contributed by atoms with E-state index in [0.717, 1.165) is 43.5 Å². The zero-order valence-electron chi connectivity index (χ0n) is 21.5. The van der Waals surface area contributed by atoms with Crippen LogP contribution in [0.15, 0.2) is 36.4 Å². The second kappa shape index (κ2) is 11.0. The van der Waals surface area contributed by atoms with E-state index in [1.54, 1.807) is 24.3 Å². The number of carbonyl (C=O) groups is 2. The summed E-state index contributed by atoms with van der Waals surface area (Å²) >= 11 is 6.69. The van der Waals surface area contributed by atoms with E-state index in [1.165, 1.54) is 0 Å². The number of hydrogen-bond acceptors (Lipinski definition) is 7. The van der Waals surface area contributed by atoms with E-state index < -0.39 is 27.5 Å². The van der Waals surface area contributed by atoms with Gasteiger partial charge in [0.05, 0.1) is 19.0 Å². The predicted molar refractivity (Wildman–Crippen MR) is 146 cm³/mol. The van der Waals surface area contributed by atoms with Gasteiger partial charge in [-0.1, -0.05) is 30.2 Å². The fraction of sp³-hybridized carbons (Fsp3) is 0.500. The number of Topliss-reactive ketones (excluding diaryl/α,β-unsaturated/α-hetero) is 1. The summed E-state index contributed by atoms with van der Waals surface area (Å²) in [6.45, 7) is 4.97. The summed E-state index contributed by atoms with van der Waals surface area (Å²) in [5.74, 6) is -1.65. The third kappa shape index (κ3) is 5.61. The van der Waals surface area contributed by atoms with Crippen molar-refractivity contribution in [3.63, 3.8) is 0 Å². The molecular formula is C28H33ClN2O6S. The quantitative estimate of drug-likeness (QED) is 0.398. The number of ketones is 1. The number of rotatable bonds is 7. The molecule has 38 heavy (non-hydrogen) atoms. The molecule has 5 rings (SSSR count). The minimum Gasteiger partial charge on any atom is -0.450 e. The zero-order valence-corrected chi connectivity index (χ0v) is 23.1. The van der Waals surface area contributed by atoms with Crippen molar-refractivity contribution < 1.29 is 27.5 Å². The van der Waals surface area contributed by atoms with Gasteiger partial charge < -0.3 is 9.47 Å². The largest absolute Gasteiger partial charge is 0.450 e.